The Bertz CT molecular complexity index is 489. The van der Waals surface area contributed by atoms with Gasteiger partial charge >= 0.3 is 0 Å². The normalized spacial score (nSPS) is 14.5. The van der Waals surface area contributed by atoms with Crippen molar-refractivity contribution < 1.29 is 14.0 Å². The van der Waals surface area contributed by atoms with Gasteiger partial charge in [-0.3, -0.25) is 9.59 Å². The highest BCUT2D eigenvalue weighted by Crippen LogP contribution is 2.14. The summed E-state index contributed by atoms with van der Waals surface area (Å²) in [5, 5.41) is 0. The molecule has 0 spiro atoms. The first-order chi connectivity index (χ1) is 10.1. The zero-order chi connectivity index (χ0) is 15.2. The summed E-state index contributed by atoms with van der Waals surface area (Å²) in [5.74, 6) is 0.745. The number of rotatable bonds is 6. The van der Waals surface area contributed by atoms with Crippen LogP contribution in [-0.4, -0.2) is 47.8 Å². The van der Waals surface area contributed by atoms with Crippen molar-refractivity contribution in [2.45, 2.75) is 39.5 Å². The molecule has 0 unspecified atom stereocenters. The molecule has 2 amide bonds. The molecule has 0 N–H and O–H groups in total. The predicted molar refractivity (Wildman–Crippen MR) is 80.1 cm³/mol. The van der Waals surface area contributed by atoms with E-state index in [9.17, 15) is 9.59 Å². The molecule has 1 aliphatic heterocycles. The molecular weight excluding hydrogens is 268 g/mol. The average molecular weight is 292 g/mol. The minimum absolute atomic E-state index is 0.0441. The van der Waals surface area contributed by atoms with Crippen molar-refractivity contribution in [2.24, 2.45) is 0 Å². The molecule has 21 heavy (non-hydrogen) atoms. The molecule has 5 heteroatoms. The van der Waals surface area contributed by atoms with E-state index in [2.05, 4.69) is 0 Å². The molecule has 1 aromatic heterocycles. The minimum atomic E-state index is -0.0441. The lowest BCUT2D eigenvalue weighted by molar-refractivity contribution is -0.130. The van der Waals surface area contributed by atoms with Crippen LogP contribution in [0.2, 0.25) is 0 Å². The van der Waals surface area contributed by atoms with Crippen LogP contribution in [-0.2, 0) is 4.79 Å². The van der Waals surface area contributed by atoms with E-state index in [1.54, 1.807) is 17.9 Å². The molecule has 1 fully saturated rings. The Balaban J connectivity index is 1.94. The number of carbonyl (C=O) groups excluding carboxylic acids is 2. The van der Waals surface area contributed by atoms with Gasteiger partial charge in [-0.15, -0.1) is 0 Å². The van der Waals surface area contributed by atoms with Gasteiger partial charge in [0.2, 0.25) is 5.91 Å². The molecule has 116 valence electrons. The molecule has 1 aromatic rings. The van der Waals surface area contributed by atoms with Crippen molar-refractivity contribution in [1.82, 2.24) is 9.80 Å². The van der Waals surface area contributed by atoms with Gasteiger partial charge in [-0.2, -0.15) is 0 Å². The molecule has 0 radical (unpaired) electrons. The van der Waals surface area contributed by atoms with Gasteiger partial charge in [0, 0.05) is 32.6 Å². The second-order valence-electron chi connectivity index (χ2n) is 5.52. The van der Waals surface area contributed by atoms with Crippen LogP contribution in [0.5, 0.6) is 0 Å². The summed E-state index contributed by atoms with van der Waals surface area (Å²) < 4.78 is 5.20. The highest BCUT2D eigenvalue weighted by Gasteiger charge is 2.22. The van der Waals surface area contributed by atoms with Crippen molar-refractivity contribution >= 4 is 11.8 Å². The van der Waals surface area contributed by atoms with Crippen LogP contribution in [0.4, 0.5) is 0 Å². The number of likely N-dealkylation sites (tertiary alicyclic amines) is 1. The minimum Gasteiger partial charge on any atom is -0.469 e. The molecule has 2 rings (SSSR count). The third-order valence-electron chi connectivity index (χ3n) is 3.92. The van der Waals surface area contributed by atoms with Crippen LogP contribution in [0.25, 0.3) is 0 Å². The molecule has 0 saturated carbocycles. The Morgan fingerprint density at radius 3 is 2.57 bits per heavy atom. The number of furan rings is 1. The number of amides is 2. The van der Waals surface area contributed by atoms with Crippen LogP contribution >= 0.6 is 0 Å². The zero-order valence-electron chi connectivity index (χ0n) is 12.9. The van der Waals surface area contributed by atoms with E-state index in [-0.39, 0.29) is 11.8 Å². The fourth-order valence-corrected chi connectivity index (χ4v) is 2.72. The maximum atomic E-state index is 12.5. The van der Waals surface area contributed by atoms with Crippen molar-refractivity contribution in [3.8, 4) is 0 Å². The fraction of sp³-hybridized carbons (Fsp3) is 0.625. The van der Waals surface area contributed by atoms with Crippen LogP contribution in [0.3, 0.4) is 0 Å². The molecular formula is C16H24N2O3. The summed E-state index contributed by atoms with van der Waals surface area (Å²) in [6, 6.07) is 1.70. The lowest BCUT2D eigenvalue weighted by atomic mass is 10.2. The van der Waals surface area contributed by atoms with E-state index >= 15 is 0 Å². The van der Waals surface area contributed by atoms with Gasteiger partial charge in [0.05, 0.1) is 11.8 Å². The quantitative estimate of drug-likeness (QED) is 0.809. The first-order valence-electron chi connectivity index (χ1n) is 7.74. The van der Waals surface area contributed by atoms with Crippen LogP contribution in [0.1, 0.15) is 48.7 Å². The topological polar surface area (TPSA) is 53.8 Å². The Morgan fingerprint density at radius 1 is 1.29 bits per heavy atom. The summed E-state index contributed by atoms with van der Waals surface area (Å²) in [6.45, 7) is 6.68. The van der Waals surface area contributed by atoms with Crippen LogP contribution in [0.15, 0.2) is 16.7 Å². The van der Waals surface area contributed by atoms with E-state index in [1.165, 1.54) is 6.26 Å². The zero-order valence-corrected chi connectivity index (χ0v) is 12.9. The predicted octanol–water partition coefficient (Wildman–Crippen LogP) is 2.45. The summed E-state index contributed by atoms with van der Waals surface area (Å²) >= 11 is 0. The lowest BCUT2D eigenvalue weighted by Crippen LogP contribution is -2.36. The van der Waals surface area contributed by atoms with E-state index in [4.69, 9.17) is 4.42 Å². The molecule has 1 saturated heterocycles. The Hall–Kier alpha value is -1.78. The van der Waals surface area contributed by atoms with Gasteiger partial charge in [-0.1, -0.05) is 6.92 Å². The third kappa shape index (κ3) is 3.86. The summed E-state index contributed by atoms with van der Waals surface area (Å²) in [6.07, 6.45) is 5.00. The van der Waals surface area contributed by atoms with Gasteiger partial charge in [0.1, 0.15) is 5.76 Å². The number of aryl methyl sites for hydroxylation is 1. The van der Waals surface area contributed by atoms with Crippen molar-refractivity contribution in [3.63, 3.8) is 0 Å². The molecule has 1 aliphatic rings. The summed E-state index contributed by atoms with van der Waals surface area (Å²) in [5.41, 5.74) is 0.595. The van der Waals surface area contributed by atoms with Gasteiger partial charge in [-0.05, 0) is 32.3 Å². The Labute approximate surface area is 125 Å². The van der Waals surface area contributed by atoms with E-state index < -0.39 is 0 Å². The third-order valence-corrected chi connectivity index (χ3v) is 3.92. The maximum absolute atomic E-state index is 12.5. The highest BCUT2D eigenvalue weighted by atomic mass is 16.3. The Kier molecular flexibility index (Phi) is 5.42. The van der Waals surface area contributed by atoms with Gasteiger partial charge < -0.3 is 14.2 Å². The fourth-order valence-electron chi connectivity index (χ4n) is 2.72. The summed E-state index contributed by atoms with van der Waals surface area (Å²) in [4.78, 5) is 28.2. The first-order valence-corrected chi connectivity index (χ1v) is 7.74. The van der Waals surface area contributed by atoms with Crippen LogP contribution < -0.4 is 0 Å². The van der Waals surface area contributed by atoms with Crippen LogP contribution in [0, 0.1) is 6.92 Å². The summed E-state index contributed by atoms with van der Waals surface area (Å²) in [7, 11) is 0. The lowest BCUT2D eigenvalue weighted by Gasteiger charge is -2.23. The number of hydrogen-bond acceptors (Lipinski definition) is 3. The molecule has 5 nitrogen and oxygen atoms in total. The van der Waals surface area contributed by atoms with Crippen molar-refractivity contribution in [3.05, 3.63) is 23.7 Å². The molecule has 2 heterocycles. The largest absolute Gasteiger partial charge is 0.469 e. The van der Waals surface area contributed by atoms with Gasteiger partial charge in [0.25, 0.3) is 5.91 Å². The number of hydrogen-bond donors (Lipinski definition) is 0. The van der Waals surface area contributed by atoms with Gasteiger partial charge in [-0.25, -0.2) is 0 Å². The van der Waals surface area contributed by atoms with E-state index in [0.29, 0.717) is 30.8 Å². The second-order valence-corrected chi connectivity index (χ2v) is 5.52. The monoisotopic (exact) mass is 292 g/mol. The SMILES string of the molecule is CCCN(CCC(=O)N1CCCC1)C(=O)c1ccoc1C. The molecule has 0 aliphatic carbocycles. The van der Waals surface area contributed by atoms with Gasteiger partial charge in [0.15, 0.2) is 0 Å². The van der Waals surface area contributed by atoms with E-state index in [1.807, 2.05) is 11.8 Å². The smallest absolute Gasteiger partial charge is 0.257 e. The van der Waals surface area contributed by atoms with Crippen molar-refractivity contribution in [2.75, 3.05) is 26.2 Å². The maximum Gasteiger partial charge on any atom is 0.257 e. The molecule has 0 aromatic carbocycles. The Morgan fingerprint density at radius 2 is 2.00 bits per heavy atom. The molecule has 0 bridgehead atoms. The number of carbonyl (C=O) groups is 2. The highest BCUT2D eigenvalue weighted by molar-refractivity contribution is 5.95. The van der Waals surface area contributed by atoms with E-state index in [0.717, 1.165) is 32.4 Å². The van der Waals surface area contributed by atoms with Crippen molar-refractivity contribution in [1.29, 1.82) is 0 Å². The molecule has 0 atom stereocenters. The number of nitrogens with zero attached hydrogens (tertiary/aromatic N) is 2. The first kappa shape index (κ1) is 15.6. The standard InChI is InChI=1S/C16H24N2O3/c1-3-8-18(16(20)14-7-12-21-13(14)2)11-6-15(19)17-9-4-5-10-17/h7,12H,3-6,8-11H2,1-2H3. The average Bonchev–Trinajstić information content (AvgIpc) is 3.13. The second kappa shape index (κ2) is 7.29.